The van der Waals surface area contributed by atoms with Gasteiger partial charge in [-0.05, 0) is 30.4 Å². The van der Waals surface area contributed by atoms with Crippen LogP contribution in [0.15, 0.2) is 24.4 Å². The normalized spacial score (nSPS) is 14.8. The van der Waals surface area contributed by atoms with Crippen LogP contribution in [-0.2, 0) is 0 Å². The van der Waals surface area contributed by atoms with Gasteiger partial charge in [-0.3, -0.25) is 0 Å². The largest absolute Gasteiger partial charge is 0.381 e. The first-order valence-electron chi connectivity index (χ1n) is 7.43. The van der Waals surface area contributed by atoms with E-state index in [9.17, 15) is 0 Å². The maximum Gasteiger partial charge on any atom is 0.136 e. The lowest BCUT2D eigenvalue weighted by atomic mass is 9.99. The molecule has 2 aromatic rings. The Hall–Kier alpha value is -1.77. The summed E-state index contributed by atoms with van der Waals surface area (Å²) in [4.78, 5) is 6.74. The summed E-state index contributed by atoms with van der Waals surface area (Å²) in [6.45, 7) is 4.46. The molecule has 1 heterocycles. The van der Waals surface area contributed by atoms with E-state index in [1.54, 1.807) is 0 Å². The molecule has 0 amide bonds. The van der Waals surface area contributed by atoms with Crippen LogP contribution < -0.4 is 10.2 Å². The SMILES string of the molecule is CC(C)c1ccc2c(NC3CC3)cnc(N(C)C)c2c1. The molecule has 1 aromatic heterocycles. The van der Waals surface area contributed by atoms with Crippen molar-refractivity contribution in [3.8, 4) is 0 Å². The first kappa shape index (κ1) is 13.2. The monoisotopic (exact) mass is 269 g/mol. The van der Waals surface area contributed by atoms with E-state index in [1.807, 2.05) is 6.20 Å². The van der Waals surface area contributed by atoms with Gasteiger partial charge in [0.15, 0.2) is 0 Å². The van der Waals surface area contributed by atoms with Gasteiger partial charge in [0.05, 0.1) is 11.9 Å². The fraction of sp³-hybridized carbons (Fsp3) is 0.471. The van der Waals surface area contributed by atoms with Crippen LogP contribution in [0.4, 0.5) is 11.5 Å². The zero-order valence-corrected chi connectivity index (χ0v) is 12.8. The lowest BCUT2D eigenvalue weighted by Gasteiger charge is -2.18. The zero-order chi connectivity index (χ0) is 14.3. The van der Waals surface area contributed by atoms with Crippen LogP contribution in [0.2, 0.25) is 0 Å². The summed E-state index contributed by atoms with van der Waals surface area (Å²) >= 11 is 0. The summed E-state index contributed by atoms with van der Waals surface area (Å²) in [6.07, 6.45) is 4.53. The van der Waals surface area contributed by atoms with E-state index in [-0.39, 0.29) is 0 Å². The van der Waals surface area contributed by atoms with Crippen LogP contribution in [0.3, 0.4) is 0 Å². The summed E-state index contributed by atoms with van der Waals surface area (Å²) in [5.74, 6) is 1.58. The zero-order valence-electron chi connectivity index (χ0n) is 12.8. The second kappa shape index (κ2) is 4.97. The molecule has 0 unspecified atom stereocenters. The number of aromatic nitrogens is 1. The van der Waals surface area contributed by atoms with Crippen molar-refractivity contribution in [1.29, 1.82) is 0 Å². The van der Waals surface area contributed by atoms with E-state index in [1.165, 1.54) is 34.9 Å². The minimum atomic E-state index is 0.537. The van der Waals surface area contributed by atoms with Crippen LogP contribution in [0.5, 0.6) is 0 Å². The van der Waals surface area contributed by atoms with Crippen LogP contribution in [0.25, 0.3) is 10.8 Å². The Morgan fingerprint density at radius 1 is 1.20 bits per heavy atom. The van der Waals surface area contributed by atoms with Gasteiger partial charge in [-0.15, -0.1) is 0 Å². The summed E-state index contributed by atoms with van der Waals surface area (Å²) in [5.41, 5.74) is 2.54. The Morgan fingerprint density at radius 2 is 1.95 bits per heavy atom. The van der Waals surface area contributed by atoms with Crippen molar-refractivity contribution in [2.45, 2.75) is 38.6 Å². The Balaban J connectivity index is 2.16. The van der Waals surface area contributed by atoms with Crippen LogP contribution in [-0.4, -0.2) is 25.1 Å². The molecule has 3 nitrogen and oxygen atoms in total. The highest BCUT2D eigenvalue weighted by Crippen LogP contribution is 2.34. The highest BCUT2D eigenvalue weighted by Gasteiger charge is 2.22. The third kappa shape index (κ3) is 2.45. The van der Waals surface area contributed by atoms with E-state index in [0.717, 1.165) is 5.82 Å². The van der Waals surface area contributed by atoms with Gasteiger partial charge in [0.1, 0.15) is 5.82 Å². The Labute approximate surface area is 121 Å². The Kier molecular flexibility index (Phi) is 3.28. The topological polar surface area (TPSA) is 28.2 Å². The molecule has 1 aromatic carbocycles. The van der Waals surface area contributed by atoms with E-state index in [4.69, 9.17) is 0 Å². The number of nitrogens with one attached hydrogen (secondary N) is 1. The molecule has 1 aliphatic carbocycles. The summed E-state index contributed by atoms with van der Waals surface area (Å²) in [7, 11) is 4.11. The van der Waals surface area contributed by atoms with Gasteiger partial charge >= 0.3 is 0 Å². The molecule has 0 saturated heterocycles. The smallest absolute Gasteiger partial charge is 0.136 e. The maximum atomic E-state index is 4.65. The average Bonchev–Trinajstić information content (AvgIpc) is 3.22. The number of pyridine rings is 1. The molecule has 3 rings (SSSR count). The second-order valence-electron chi connectivity index (χ2n) is 6.27. The Bertz CT molecular complexity index is 627. The maximum absolute atomic E-state index is 4.65. The number of hydrogen-bond acceptors (Lipinski definition) is 3. The molecule has 1 saturated carbocycles. The number of anilines is 2. The second-order valence-corrected chi connectivity index (χ2v) is 6.27. The predicted molar refractivity (Wildman–Crippen MR) is 86.8 cm³/mol. The van der Waals surface area contributed by atoms with Crippen molar-refractivity contribution in [3.63, 3.8) is 0 Å². The minimum absolute atomic E-state index is 0.537. The van der Waals surface area contributed by atoms with Crippen molar-refractivity contribution in [2.75, 3.05) is 24.3 Å². The molecule has 1 fully saturated rings. The standard InChI is InChI=1S/C17H23N3/c1-11(2)12-5-8-14-15(9-12)17(20(3)4)18-10-16(14)19-13-6-7-13/h5,8-11,13,19H,6-7H2,1-4H3. The number of hydrogen-bond donors (Lipinski definition) is 1. The molecule has 20 heavy (non-hydrogen) atoms. The molecule has 1 N–H and O–H groups in total. The number of rotatable bonds is 4. The predicted octanol–water partition coefficient (Wildman–Crippen LogP) is 4.00. The van der Waals surface area contributed by atoms with Crippen LogP contribution in [0.1, 0.15) is 38.2 Å². The number of benzene rings is 1. The van der Waals surface area contributed by atoms with Gasteiger partial charge in [0, 0.05) is 30.9 Å². The quantitative estimate of drug-likeness (QED) is 0.909. The number of nitrogens with zero attached hydrogens (tertiary/aromatic N) is 2. The van der Waals surface area contributed by atoms with Crippen molar-refractivity contribution < 1.29 is 0 Å². The summed E-state index contributed by atoms with van der Waals surface area (Å²) < 4.78 is 0. The van der Waals surface area contributed by atoms with Crippen molar-refractivity contribution in [3.05, 3.63) is 30.0 Å². The molecule has 0 atom stereocenters. The van der Waals surface area contributed by atoms with Crippen molar-refractivity contribution in [1.82, 2.24) is 4.98 Å². The molecule has 0 aliphatic heterocycles. The van der Waals surface area contributed by atoms with Gasteiger partial charge in [-0.2, -0.15) is 0 Å². The highest BCUT2D eigenvalue weighted by atomic mass is 15.1. The molecule has 106 valence electrons. The third-order valence-electron chi connectivity index (χ3n) is 3.92. The fourth-order valence-electron chi connectivity index (χ4n) is 2.52. The molecule has 1 aliphatic rings. The lowest BCUT2D eigenvalue weighted by Crippen LogP contribution is -2.12. The molecule has 0 spiro atoms. The Morgan fingerprint density at radius 3 is 2.55 bits per heavy atom. The van der Waals surface area contributed by atoms with E-state index >= 15 is 0 Å². The fourth-order valence-corrected chi connectivity index (χ4v) is 2.52. The third-order valence-corrected chi connectivity index (χ3v) is 3.92. The van der Waals surface area contributed by atoms with Gasteiger partial charge < -0.3 is 10.2 Å². The first-order valence-corrected chi connectivity index (χ1v) is 7.43. The average molecular weight is 269 g/mol. The van der Waals surface area contributed by atoms with E-state index in [2.05, 4.69) is 61.3 Å². The van der Waals surface area contributed by atoms with Gasteiger partial charge in [0.25, 0.3) is 0 Å². The van der Waals surface area contributed by atoms with Crippen molar-refractivity contribution in [2.24, 2.45) is 0 Å². The van der Waals surface area contributed by atoms with Crippen molar-refractivity contribution >= 4 is 22.3 Å². The van der Waals surface area contributed by atoms with Gasteiger partial charge in [-0.25, -0.2) is 4.98 Å². The highest BCUT2D eigenvalue weighted by molar-refractivity contribution is 6.00. The van der Waals surface area contributed by atoms with Crippen LogP contribution in [0, 0.1) is 0 Å². The first-order chi connectivity index (χ1) is 9.56. The number of fused-ring (bicyclic) bond motifs is 1. The summed E-state index contributed by atoms with van der Waals surface area (Å²) in [5, 5.41) is 6.11. The molecule has 0 radical (unpaired) electrons. The van der Waals surface area contributed by atoms with Crippen LogP contribution >= 0.6 is 0 Å². The molecular formula is C17H23N3. The summed E-state index contributed by atoms with van der Waals surface area (Å²) in [6, 6.07) is 7.42. The molecule has 3 heteroatoms. The van der Waals surface area contributed by atoms with Gasteiger partial charge in [0.2, 0.25) is 0 Å². The van der Waals surface area contributed by atoms with E-state index in [0.29, 0.717) is 12.0 Å². The molecular weight excluding hydrogens is 246 g/mol. The molecule has 0 bridgehead atoms. The lowest BCUT2D eigenvalue weighted by molar-refractivity contribution is 0.868. The van der Waals surface area contributed by atoms with E-state index < -0.39 is 0 Å². The minimum Gasteiger partial charge on any atom is -0.381 e. The van der Waals surface area contributed by atoms with Gasteiger partial charge in [-0.1, -0.05) is 26.0 Å².